The van der Waals surface area contributed by atoms with E-state index in [1.165, 1.54) is 0 Å². The highest BCUT2D eigenvalue weighted by molar-refractivity contribution is 5.82. The summed E-state index contributed by atoms with van der Waals surface area (Å²) in [4.78, 5) is 12.4. The fourth-order valence-electron chi connectivity index (χ4n) is 1.03. The summed E-state index contributed by atoms with van der Waals surface area (Å²) in [6.07, 6.45) is -0.167. The average molecular weight is 129 g/mol. The largest absolute Gasteiger partial charge is 0.383 e. The minimum absolute atomic E-state index is 0.150. The second-order valence-corrected chi connectivity index (χ2v) is 2.55. The molecule has 1 unspecified atom stereocenters. The number of rotatable bonds is 0. The molecule has 0 aliphatic carbocycles. The van der Waals surface area contributed by atoms with Gasteiger partial charge in [0.25, 0.3) is 5.91 Å². The molecule has 3 heteroatoms. The van der Waals surface area contributed by atoms with Crippen molar-refractivity contribution >= 4 is 5.91 Å². The molecule has 1 amide bonds. The lowest BCUT2D eigenvalue weighted by atomic mass is 10.2. The molecule has 1 rings (SSSR count). The van der Waals surface area contributed by atoms with Crippen LogP contribution in [-0.2, 0) is 4.79 Å². The smallest absolute Gasteiger partial charge is 0.251 e. The van der Waals surface area contributed by atoms with Crippen LogP contribution in [0.15, 0.2) is 0 Å². The van der Waals surface area contributed by atoms with Crippen LogP contribution >= 0.6 is 0 Å². The minimum Gasteiger partial charge on any atom is -0.383 e. The molecule has 0 radical (unpaired) electrons. The summed E-state index contributed by atoms with van der Waals surface area (Å²) in [5.41, 5.74) is 0. The molecule has 0 aromatic rings. The maximum Gasteiger partial charge on any atom is 0.251 e. The van der Waals surface area contributed by atoms with E-state index in [4.69, 9.17) is 5.11 Å². The Morgan fingerprint density at radius 1 is 1.78 bits per heavy atom. The first-order valence-corrected chi connectivity index (χ1v) is 3.07. The third-order valence-electron chi connectivity index (χ3n) is 1.86. The number of likely N-dealkylation sites (N-methyl/N-ethyl adjacent to an activating group) is 1. The molecule has 0 aromatic heterocycles. The Hall–Kier alpha value is -0.570. The molecule has 0 aromatic carbocycles. The van der Waals surface area contributed by atoms with Gasteiger partial charge < -0.3 is 10.0 Å². The first-order valence-electron chi connectivity index (χ1n) is 3.07. The van der Waals surface area contributed by atoms with Gasteiger partial charge in [0.05, 0.1) is 0 Å². The predicted molar refractivity (Wildman–Crippen MR) is 32.9 cm³/mol. The summed E-state index contributed by atoms with van der Waals surface area (Å²) >= 11 is 0. The summed E-state index contributed by atoms with van der Waals surface area (Å²) in [5.74, 6) is -0.150. The van der Waals surface area contributed by atoms with Gasteiger partial charge in [0.2, 0.25) is 0 Å². The zero-order valence-corrected chi connectivity index (χ0v) is 5.66. The molecule has 52 valence electrons. The van der Waals surface area contributed by atoms with Gasteiger partial charge >= 0.3 is 0 Å². The molecular weight excluding hydrogens is 118 g/mol. The van der Waals surface area contributed by atoms with Crippen molar-refractivity contribution in [3.63, 3.8) is 0 Å². The van der Waals surface area contributed by atoms with Crippen LogP contribution in [0.3, 0.4) is 0 Å². The zero-order valence-electron chi connectivity index (χ0n) is 5.66. The van der Waals surface area contributed by atoms with Gasteiger partial charge in [-0.1, -0.05) is 0 Å². The van der Waals surface area contributed by atoms with E-state index < -0.39 is 6.10 Å². The zero-order chi connectivity index (χ0) is 7.02. The number of nitrogens with zero attached hydrogens (tertiary/aromatic N) is 1. The second kappa shape index (κ2) is 1.99. The molecule has 1 heterocycles. The van der Waals surface area contributed by atoms with Crippen LogP contribution < -0.4 is 0 Å². The Kier molecular flexibility index (Phi) is 1.45. The molecule has 0 saturated carbocycles. The Balaban J connectivity index is 2.65. The number of hydrogen-bond donors (Lipinski definition) is 1. The molecule has 2 atom stereocenters. The molecule has 9 heavy (non-hydrogen) atoms. The van der Waals surface area contributed by atoms with E-state index in [2.05, 4.69) is 0 Å². The summed E-state index contributed by atoms with van der Waals surface area (Å²) in [6, 6.07) is 0.201. The molecule has 0 bridgehead atoms. The van der Waals surface area contributed by atoms with Gasteiger partial charge in [-0.25, -0.2) is 0 Å². The Morgan fingerprint density at radius 3 is 2.44 bits per heavy atom. The lowest BCUT2D eigenvalue weighted by Crippen LogP contribution is -2.28. The number of likely N-dealkylation sites (tertiary alicyclic amines) is 1. The van der Waals surface area contributed by atoms with Crippen LogP contribution in [0.5, 0.6) is 0 Å². The van der Waals surface area contributed by atoms with Crippen molar-refractivity contribution in [2.45, 2.75) is 25.5 Å². The van der Waals surface area contributed by atoms with Crippen molar-refractivity contribution in [1.29, 1.82) is 0 Å². The molecule has 1 saturated heterocycles. The van der Waals surface area contributed by atoms with Gasteiger partial charge in [-0.15, -0.1) is 0 Å². The highest BCUT2D eigenvalue weighted by Crippen LogP contribution is 2.15. The quantitative estimate of drug-likeness (QED) is 0.483. The standard InChI is InChI=1S/C6H11NO2/c1-4-3-5(8)6(9)7(4)2/h4-5,8H,3H2,1-2H3/t4?,5-/m1/s1. The van der Waals surface area contributed by atoms with Crippen molar-refractivity contribution in [1.82, 2.24) is 4.90 Å². The number of aliphatic hydroxyl groups is 1. The van der Waals surface area contributed by atoms with Crippen LogP contribution in [0.4, 0.5) is 0 Å². The van der Waals surface area contributed by atoms with Gasteiger partial charge in [0.15, 0.2) is 0 Å². The second-order valence-electron chi connectivity index (χ2n) is 2.55. The van der Waals surface area contributed by atoms with Crippen LogP contribution in [0.2, 0.25) is 0 Å². The van der Waals surface area contributed by atoms with E-state index in [0.29, 0.717) is 6.42 Å². The lowest BCUT2D eigenvalue weighted by molar-refractivity contribution is -0.133. The topological polar surface area (TPSA) is 40.5 Å². The van der Waals surface area contributed by atoms with Crippen molar-refractivity contribution in [2.24, 2.45) is 0 Å². The van der Waals surface area contributed by atoms with E-state index in [0.717, 1.165) is 0 Å². The Morgan fingerprint density at radius 2 is 2.33 bits per heavy atom. The minimum atomic E-state index is -0.745. The highest BCUT2D eigenvalue weighted by Gasteiger charge is 2.32. The number of carbonyl (C=O) groups is 1. The first kappa shape index (κ1) is 6.55. The summed E-state index contributed by atoms with van der Waals surface area (Å²) in [5, 5.41) is 8.95. The third-order valence-corrected chi connectivity index (χ3v) is 1.86. The third kappa shape index (κ3) is 0.920. The van der Waals surface area contributed by atoms with E-state index >= 15 is 0 Å². The molecular formula is C6H11NO2. The summed E-state index contributed by atoms with van der Waals surface area (Å²) < 4.78 is 0. The van der Waals surface area contributed by atoms with Gasteiger partial charge in [-0.2, -0.15) is 0 Å². The number of hydrogen-bond acceptors (Lipinski definition) is 2. The van der Waals surface area contributed by atoms with Crippen LogP contribution in [-0.4, -0.2) is 35.1 Å². The number of aliphatic hydroxyl groups excluding tert-OH is 1. The molecule has 1 aliphatic heterocycles. The van der Waals surface area contributed by atoms with Gasteiger partial charge in [-0.05, 0) is 6.92 Å². The van der Waals surface area contributed by atoms with Crippen molar-refractivity contribution in [2.75, 3.05) is 7.05 Å². The molecule has 1 N–H and O–H groups in total. The van der Waals surface area contributed by atoms with Crippen molar-refractivity contribution in [3.05, 3.63) is 0 Å². The summed E-state index contributed by atoms with van der Waals surface area (Å²) in [7, 11) is 1.71. The average Bonchev–Trinajstić information content (AvgIpc) is 1.98. The molecule has 0 spiro atoms. The normalized spacial score (nSPS) is 35.9. The predicted octanol–water partition coefficient (Wildman–Crippen LogP) is -0.402. The van der Waals surface area contributed by atoms with E-state index in [-0.39, 0.29) is 11.9 Å². The Labute approximate surface area is 54.3 Å². The van der Waals surface area contributed by atoms with Crippen LogP contribution in [0.25, 0.3) is 0 Å². The first-order chi connectivity index (χ1) is 4.13. The summed E-state index contributed by atoms with van der Waals surface area (Å²) in [6.45, 7) is 1.92. The number of carbonyl (C=O) groups excluding carboxylic acids is 1. The van der Waals surface area contributed by atoms with Crippen LogP contribution in [0.1, 0.15) is 13.3 Å². The lowest BCUT2D eigenvalue weighted by Gasteiger charge is -2.12. The maximum absolute atomic E-state index is 10.8. The van der Waals surface area contributed by atoms with E-state index in [9.17, 15) is 4.79 Å². The number of amides is 1. The van der Waals surface area contributed by atoms with Gasteiger partial charge in [0, 0.05) is 19.5 Å². The maximum atomic E-state index is 10.8. The fraction of sp³-hybridized carbons (Fsp3) is 0.833. The Bertz CT molecular complexity index is 135. The molecule has 1 fully saturated rings. The fourth-order valence-corrected chi connectivity index (χ4v) is 1.03. The van der Waals surface area contributed by atoms with E-state index in [1.807, 2.05) is 6.92 Å². The molecule has 1 aliphatic rings. The molecule has 3 nitrogen and oxygen atoms in total. The monoisotopic (exact) mass is 129 g/mol. The van der Waals surface area contributed by atoms with Crippen molar-refractivity contribution < 1.29 is 9.90 Å². The van der Waals surface area contributed by atoms with Crippen LogP contribution in [0, 0.1) is 0 Å². The van der Waals surface area contributed by atoms with E-state index in [1.54, 1.807) is 11.9 Å². The van der Waals surface area contributed by atoms with Gasteiger partial charge in [0.1, 0.15) is 6.10 Å². The SMILES string of the molecule is CC1C[C@@H](O)C(=O)N1C. The van der Waals surface area contributed by atoms with Crippen molar-refractivity contribution in [3.8, 4) is 0 Å². The van der Waals surface area contributed by atoms with Gasteiger partial charge in [-0.3, -0.25) is 4.79 Å². The highest BCUT2D eigenvalue weighted by atomic mass is 16.3.